The Labute approximate surface area is 265 Å². The lowest BCUT2D eigenvalue weighted by molar-refractivity contribution is -0.149. The largest absolute Gasteiger partial charge is 0.507 e. The molecule has 2 aromatic heterocycles. The standard InChI is InChI=1S/C33H39F2N5O6/c1-4-20(32(43)45-3)28-18(2)16-40(17-23(28)36)26-7-10-37-15-25(26)39-31(42)24-6-5-21(34)30(38-24)29-22(35)13-19(14-27(29)41)33(44)8-11-46-12-9-33/h5-7,10,13-15,18,20,23,28,41,44H,4,8-9,11-12,16-17,36H2,1-3H3,(H,39,42). The van der Waals surface area contributed by atoms with Crippen LogP contribution in [0.1, 0.15) is 49.2 Å². The van der Waals surface area contributed by atoms with Crippen molar-refractivity contribution in [2.24, 2.45) is 23.5 Å². The minimum atomic E-state index is -1.40. The van der Waals surface area contributed by atoms with Gasteiger partial charge in [0.25, 0.3) is 5.91 Å². The van der Waals surface area contributed by atoms with Gasteiger partial charge in [-0.25, -0.2) is 13.8 Å². The number of hydrogen-bond acceptors (Lipinski definition) is 10. The van der Waals surface area contributed by atoms with E-state index in [-0.39, 0.29) is 67.1 Å². The predicted octanol–water partition coefficient (Wildman–Crippen LogP) is 3.98. The number of carbonyl (C=O) groups is 2. The Balaban J connectivity index is 1.38. The number of aromatic nitrogens is 2. The van der Waals surface area contributed by atoms with E-state index in [1.165, 1.54) is 19.4 Å². The van der Waals surface area contributed by atoms with Gasteiger partial charge >= 0.3 is 5.97 Å². The Kier molecular flexibility index (Phi) is 9.85. The molecule has 1 aromatic carbocycles. The van der Waals surface area contributed by atoms with Gasteiger partial charge in [0, 0.05) is 51.4 Å². The number of aromatic hydroxyl groups is 1. The zero-order valence-corrected chi connectivity index (χ0v) is 26.0. The van der Waals surface area contributed by atoms with Crippen LogP contribution in [0.3, 0.4) is 0 Å². The van der Waals surface area contributed by atoms with Crippen molar-refractivity contribution in [2.45, 2.75) is 44.8 Å². The summed E-state index contributed by atoms with van der Waals surface area (Å²) in [5.41, 5.74) is 5.02. The highest BCUT2D eigenvalue weighted by Crippen LogP contribution is 2.40. The van der Waals surface area contributed by atoms with Crippen molar-refractivity contribution in [3.8, 4) is 17.0 Å². The molecule has 0 saturated carbocycles. The molecule has 2 aliphatic heterocycles. The third kappa shape index (κ3) is 6.53. The van der Waals surface area contributed by atoms with Crippen LogP contribution in [0.2, 0.25) is 0 Å². The van der Waals surface area contributed by atoms with E-state index in [9.17, 15) is 19.8 Å². The van der Waals surface area contributed by atoms with Crippen molar-refractivity contribution in [3.05, 3.63) is 65.6 Å². The fraction of sp³-hybridized carbons (Fsp3) is 0.455. The van der Waals surface area contributed by atoms with Crippen LogP contribution in [-0.2, 0) is 19.9 Å². The summed E-state index contributed by atoms with van der Waals surface area (Å²) in [6.07, 6.45) is 4.06. The first-order valence-electron chi connectivity index (χ1n) is 15.3. The molecule has 4 heterocycles. The summed E-state index contributed by atoms with van der Waals surface area (Å²) < 4.78 is 40.7. The SMILES string of the molecule is CCC(C(=O)OC)C1C(C)CN(c2ccncc2NC(=O)c2ccc(F)c(-c3c(O)cc(C4(O)CCOCC4)cc3F)n2)CC1N. The minimum Gasteiger partial charge on any atom is -0.507 e. The molecule has 2 saturated heterocycles. The second kappa shape index (κ2) is 13.7. The van der Waals surface area contributed by atoms with Gasteiger partial charge in [-0.15, -0.1) is 0 Å². The molecule has 2 fully saturated rings. The number of rotatable bonds is 8. The van der Waals surface area contributed by atoms with Gasteiger partial charge in [-0.2, -0.15) is 0 Å². The van der Waals surface area contributed by atoms with E-state index in [0.717, 1.165) is 18.2 Å². The first-order valence-corrected chi connectivity index (χ1v) is 15.3. The number of nitrogens with two attached hydrogens (primary N) is 1. The number of phenolic OH excluding ortho intramolecular Hbond substituents is 1. The van der Waals surface area contributed by atoms with Crippen LogP contribution in [0.25, 0.3) is 11.3 Å². The molecular formula is C33H39F2N5O6. The highest BCUT2D eigenvalue weighted by molar-refractivity contribution is 6.05. The number of amides is 1. The van der Waals surface area contributed by atoms with E-state index in [0.29, 0.717) is 30.9 Å². The van der Waals surface area contributed by atoms with Crippen molar-refractivity contribution in [3.63, 3.8) is 0 Å². The van der Waals surface area contributed by atoms with Gasteiger partial charge in [0.1, 0.15) is 28.8 Å². The zero-order chi connectivity index (χ0) is 33.2. The number of nitrogens with one attached hydrogen (secondary N) is 1. The monoisotopic (exact) mass is 639 g/mol. The number of benzene rings is 1. The Bertz CT molecular complexity index is 1570. The van der Waals surface area contributed by atoms with Crippen molar-refractivity contribution in [1.82, 2.24) is 9.97 Å². The van der Waals surface area contributed by atoms with Crippen LogP contribution < -0.4 is 16.0 Å². The van der Waals surface area contributed by atoms with Gasteiger partial charge in [0.2, 0.25) is 0 Å². The first kappa shape index (κ1) is 33.2. The summed E-state index contributed by atoms with van der Waals surface area (Å²) in [5.74, 6) is -3.99. The van der Waals surface area contributed by atoms with Crippen molar-refractivity contribution < 1.29 is 38.1 Å². The van der Waals surface area contributed by atoms with Crippen molar-refractivity contribution >= 4 is 23.3 Å². The molecule has 3 aromatic rings. The van der Waals surface area contributed by atoms with Crippen molar-refractivity contribution in [1.29, 1.82) is 0 Å². The maximum atomic E-state index is 15.4. The molecule has 0 aliphatic carbocycles. The summed E-state index contributed by atoms with van der Waals surface area (Å²) >= 11 is 0. The van der Waals surface area contributed by atoms with Gasteiger partial charge in [0.15, 0.2) is 0 Å². The summed E-state index contributed by atoms with van der Waals surface area (Å²) in [4.78, 5) is 36.1. The third-order valence-electron chi connectivity index (χ3n) is 9.13. The molecule has 46 heavy (non-hydrogen) atoms. The Morgan fingerprint density at radius 1 is 1.20 bits per heavy atom. The normalized spacial score (nSPS) is 21.8. The summed E-state index contributed by atoms with van der Waals surface area (Å²) in [6, 6.07) is 5.72. The summed E-state index contributed by atoms with van der Waals surface area (Å²) in [5, 5.41) is 24.5. The average molecular weight is 640 g/mol. The molecule has 5 N–H and O–H groups in total. The number of methoxy groups -OCH3 is 1. The van der Waals surface area contributed by atoms with E-state index in [4.69, 9.17) is 15.2 Å². The Morgan fingerprint density at radius 2 is 1.93 bits per heavy atom. The smallest absolute Gasteiger partial charge is 0.308 e. The number of esters is 1. The molecular weight excluding hydrogens is 600 g/mol. The maximum absolute atomic E-state index is 15.4. The molecule has 5 rings (SSSR count). The lowest BCUT2D eigenvalue weighted by Gasteiger charge is -2.45. The Hall–Kier alpha value is -4.20. The van der Waals surface area contributed by atoms with E-state index < -0.39 is 40.1 Å². The number of hydrogen-bond donors (Lipinski definition) is 4. The van der Waals surface area contributed by atoms with E-state index in [1.54, 1.807) is 12.3 Å². The van der Waals surface area contributed by atoms with Crippen LogP contribution in [0.15, 0.2) is 42.7 Å². The van der Waals surface area contributed by atoms with Gasteiger partial charge < -0.3 is 35.6 Å². The maximum Gasteiger partial charge on any atom is 0.308 e. The molecule has 13 heteroatoms. The number of phenols is 1. The van der Waals surface area contributed by atoms with E-state index >= 15 is 8.78 Å². The number of piperidine rings is 1. The highest BCUT2D eigenvalue weighted by atomic mass is 19.1. The molecule has 0 radical (unpaired) electrons. The van der Waals surface area contributed by atoms with E-state index in [1.807, 2.05) is 18.7 Å². The number of halogens is 2. The van der Waals surface area contributed by atoms with Gasteiger partial charge in [-0.1, -0.05) is 13.8 Å². The first-order chi connectivity index (χ1) is 22.0. The van der Waals surface area contributed by atoms with Gasteiger partial charge in [0.05, 0.1) is 41.8 Å². The zero-order valence-electron chi connectivity index (χ0n) is 26.0. The number of anilines is 2. The second-order valence-electron chi connectivity index (χ2n) is 12.0. The molecule has 4 atom stereocenters. The molecule has 0 bridgehead atoms. The predicted molar refractivity (Wildman–Crippen MR) is 166 cm³/mol. The Morgan fingerprint density at radius 3 is 2.59 bits per heavy atom. The molecule has 11 nitrogen and oxygen atoms in total. The van der Waals surface area contributed by atoms with Crippen LogP contribution in [0, 0.1) is 29.4 Å². The van der Waals surface area contributed by atoms with Gasteiger partial charge in [-0.3, -0.25) is 14.6 Å². The number of pyridine rings is 2. The average Bonchev–Trinajstić information content (AvgIpc) is 3.03. The summed E-state index contributed by atoms with van der Waals surface area (Å²) in [6.45, 7) is 5.45. The van der Waals surface area contributed by atoms with Crippen LogP contribution in [-0.4, -0.2) is 71.5 Å². The number of ether oxygens (including phenoxy) is 2. The van der Waals surface area contributed by atoms with Gasteiger partial charge in [-0.05, 0) is 54.2 Å². The fourth-order valence-electron chi connectivity index (χ4n) is 6.76. The van der Waals surface area contributed by atoms with Crippen LogP contribution in [0.4, 0.5) is 20.2 Å². The minimum absolute atomic E-state index is 0.0203. The lowest BCUT2D eigenvalue weighted by Crippen LogP contribution is -2.56. The fourth-order valence-corrected chi connectivity index (χ4v) is 6.76. The van der Waals surface area contributed by atoms with Crippen LogP contribution in [0.5, 0.6) is 5.75 Å². The van der Waals surface area contributed by atoms with Crippen molar-refractivity contribution in [2.75, 3.05) is 43.6 Å². The number of carbonyl (C=O) groups excluding carboxylic acids is 2. The second-order valence-corrected chi connectivity index (χ2v) is 12.0. The topological polar surface area (TPSA) is 160 Å². The quantitative estimate of drug-likeness (QED) is 0.266. The molecule has 246 valence electrons. The molecule has 1 amide bonds. The highest BCUT2D eigenvalue weighted by Gasteiger charge is 2.41. The lowest BCUT2D eigenvalue weighted by atomic mass is 9.73. The van der Waals surface area contributed by atoms with E-state index in [2.05, 4.69) is 15.3 Å². The number of aliphatic hydroxyl groups is 1. The third-order valence-corrected chi connectivity index (χ3v) is 9.13. The number of nitrogens with zero attached hydrogens (tertiary/aromatic N) is 3. The molecule has 0 spiro atoms. The molecule has 4 unspecified atom stereocenters. The molecule has 2 aliphatic rings. The van der Waals surface area contributed by atoms with Crippen LogP contribution >= 0.6 is 0 Å². The summed E-state index contributed by atoms with van der Waals surface area (Å²) in [7, 11) is 1.37.